The van der Waals surface area contributed by atoms with E-state index in [4.69, 9.17) is 0 Å². The highest BCUT2D eigenvalue weighted by Gasteiger charge is 2.29. The van der Waals surface area contributed by atoms with Gasteiger partial charge in [0, 0.05) is 25.2 Å². The number of aliphatic imine (C=N–C) groups is 1. The number of rotatable bonds is 9. The molecule has 0 heterocycles. The number of hydrogen-bond acceptors (Lipinski definition) is 5. The van der Waals surface area contributed by atoms with Crippen LogP contribution in [0.25, 0.3) is 0 Å². The number of allylic oxidation sites excluding steroid dienone is 3. The zero-order valence-corrected chi connectivity index (χ0v) is 14.1. The molecule has 22 heavy (non-hydrogen) atoms. The van der Waals surface area contributed by atoms with Crippen molar-refractivity contribution in [3.8, 4) is 0 Å². The van der Waals surface area contributed by atoms with Crippen LogP contribution < -0.4 is 16.1 Å². The van der Waals surface area contributed by atoms with Gasteiger partial charge in [-0.15, -0.1) is 0 Å². The molecule has 0 aromatic carbocycles. The molecule has 0 bridgehead atoms. The lowest BCUT2D eigenvalue weighted by Gasteiger charge is -2.27. The number of likely N-dealkylation sites (N-methyl/N-ethyl adjacent to an activating group) is 2. The van der Waals surface area contributed by atoms with Gasteiger partial charge in [-0.1, -0.05) is 19.6 Å². The standard InChI is InChI=1S/C16H29N5O/c1-6-8-14(7-2)20-21(5)15(11-17-4)18-12(3)19-16(22)13-9-10-13/h6,8,13,15,17,20H,1,7,9-11H2,2-5H3,(H,18,19,22)/b14-8+. The first-order valence-corrected chi connectivity index (χ1v) is 7.82. The van der Waals surface area contributed by atoms with E-state index in [1.165, 1.54) is 0 Å². The molecule has 3 N–H and O–H groups in total. The van der Waals surface area contributed by atoms with Crippen molar-refractivity contribution < 1.29 is 4.79 Å². The number of hydrogen-bond donors (Lipinski definition) is 3. The first-order valence-electron chi connectivity index (χ1n) is 7.82. The van der Waals surface area contributed by atoms with Crippen LogP contribution in [0, 0.1) is 5.92 Å². The Morgan fingerprint density at radius 3 is 2.68 bits per heavy atom. The average Bonchev–Trinajstić information content (AvgIpc) is 3.30. The van der Waals surface area contributed by atoms with Crippen LogP contribution in [0.4, 0.5) is 0 Å². The van der Waals surface area contributed by atoms with Crippen LogP contribution in [0.1, 0.15) is 33.1 Å². The maximum atomic E-state index is 11.8. The van der Waals surface area contributed by atoms with Gasteiger partial charge < -0.3 is 16.1 Å². The maximum Gasteiger partial charge on any atom is 0.228 e. The van der Waals surface area contributed by atoms with Gasteiger partial charge in [-0.05, 0) is 39.3 Å². The summed E-state index contributed by atoms with van der Waals surface area (Å²) in [4.78, 5) is 16.4. The minimum Gasteiger partial charge on any atom is -0.321 e. The third-order valence-corrected chi connectivity index (χ3v) is 3.45. The zero-order valence-electron chi connectivity index (χ0n) is 14.1. The molecule has 1 aliphatic rings. The summed E-state index contributed by atoms with van der Waals surface area (Å²) >= 11 is 0. The summed E-state index contributed by atoms with van der Waals surface area (Å²) in [5, 5.41) is 7.93. The first kappa shape index (κ1) is 18.4. The highest BCUT2D eigenvalue weighted by molar-refractivity contribution is 5.98. The molecule has 0 saturated heterocycles. The fraction of sp³-hybridized carbons (Fsp3) is 0.625. The van der Waals surface area contributed by atoms with Crippen molar-refractivity contribution in [1.82, 2.24) is 21.1 Å². The number of nitrogens with zero attached hydrogens (tertiary/aromatic N) is 2. The van der Waals surface area contributed by atoms with Gasteiger partial charge in [0.1, 0.15) is 12.0 Å². The van der Waals surface area contributed by atoms with Crippen molar-refractivity contribution in [3.63, 3.8) is 0 Å². The van der Waals surface area contributed by atoms with E-state index in [0.717, 1.165) is 25.0 Å². The lowest BCUT2D eigenvalue weighted by atomic mass is 10.3. The molecule has 1 atom stereocenters. The van der Waals surface area contributed by atoms with E-state index in [-0.39, 0.29) is 18.0 Å². The molecule has 0 aromatic rings. The molecule has 1 saturated carbocycles. The SMILES string of the molecule is C=C/C=C(\CC)NN(C)C(CNC)N=C(C)NC(=O)C1CC1. The highest BCUT2D eigenvalue weighted by Crippen LogP contribution is 2.28. The van der Waals surface area contributed by atoms with Gasteiger partial charge >= 0.3 is 0 Å². The average molecular weight is 307 g/mol. The molecule has 0 aliphatic heterocycles. The van der Waals surface area contributed by atoms with E-state index < -0.39 is 0 Å². The van der Waals surface area contributed by atoms with Crippen LogP contribution in [-0.4, -0.2) is 43.6 Å². The Labute approximate surface area is 133 Å². The molecule has 1 fully saturated rings. The number of amidine groups is 1. The molecule has 6 heteroatoms. The fourth-order valence-corrected chi connectivity index (χ4v) is 2.01. The van der Waals surface area contributed by atoms with Crippen molar-refractivity contribution in [2.24, 2.45) is 10.9 Å². The van der Waals surface area contributed by atoms with Crippen LogP contribution in [-0.2, 0) is 4.79 Å². The molecule has 0 radical (unpaired) electrons. The summed E-state index contributed by atoms with van der Waals surface area (Å²) in [6, 6.07) is 0. The second-order valence-electron chi connectivity index (χ2n) is 5.52. The monoisotopic (exact) mass is 307 g/mol. The summed E-state index contributed by atoms with van der Waals surface area (Å²) in [7, 11) is 3.82. The third-order valence-electron chi connectivity index (χ3n) is 3.45. The van der Waals surface area contributed by atoms with Gasteiger partial charge in [0.25, 0.3) is 0 Å². The number of hydrazine groups is 1. The van der Waals surface area contributed by atoms with Crippen molar-refractivity contribution in [3.05, 3.63) is 24.4 Å². The largest absolute Gasteiger partial charge is 0.321 e. The fourth-order valence-electron chi connectivity index (χ4n) is 2.01. The summed E-state index contributed by atoms with van der Waals surface area (Å²) in [5.74, 6) is 0.920. The molecule has 0 aromatic heterocycles. The Balaban J connectivity index is 2.66. The lowest BCUT2D eigenvalue weighted by molar-refractivity contribution is -0.120. The molecular formula is C16H29N5O. The van der Waals surface area contributed by atoms with E-state index in [1.54, 1.807) is 6.08 Å². The van der Waals surface area contributed by atoms with Crippen LogP contribution in [0.2, 0.25) is 0 Å². The molecule has 1 aliphatic carbocycles. The van der Waals surface area contributed by atoms with Gasteiger partial charge in [0.05, 0.1) is 0 Å². The molecule has 1 amide bonds. The van der Waals surface area contributed by atoms with Crippen molar-refractivity contribution in [2.45, 2.75) is 39.3 Å². The number of carbonyl (C=O) groups is 1. The van der Waals surface area contributed by atoms with Crippen molar-refractivity contribution in [2.75, 3.05) is 20.6 Å². The second kappa shape index (κ2) is 9.38. The minimum atomic E-state index is -0.121. The molecule has 1 rings (SSSR count). The molecule has 1 unspecified atom stereocenters. The molecule has 124 valence electrons. The van der Waals surface area contributed by atoms with Crippen LogP contribution in [0.3, 0.4) is 0 Å². The number of nitrogens with one attached hydrogen (secondary N) is 3. The summed E-state index contributed by atoms with van der Waals surface area (Å²) < 4.78 is 0. The summed E-state index contributed by atoms with van der Waals surface area (Å²) in [6.07, 6.45) is 6.45. The van der Waals surface area contributed by atoms with Gasteiger partial charge in [-0.25, -0.2) is 5.01 Å². The Morgan fingerprint density at radius 1 is 1.50 bits per heavy atom. The van der Waals surface area contributed by atoms with E-state index in [2.05, 4.69) is 34.6 Å². The zero-order chi connectivity index (χ0) is 16.5. The van der Waals surface area contributed by atoms with E-state index in [1.807, 2.05) is 32.1 Å². The van der Waals surface area contributed by atoms with Crippen molar-refractivity contribution >= 4 is 11.7 Å². The van der Waals surface area contributed by atoms with Gasteiger partial charge in [0.15, 0.2) is 0 Å². The van der Waals surface area contributed by atoms with E-state index in [0.29, 0.717) is 12.4 Å². The molecule has 0 spiro atoms. The van der Waals surface area contributed by atoms with Gasteiger partial charge in [-0.2, -0.15) is 0 Å². The second-order valence-corrected chi connectivity index (χ2v) is 5.52. The molecule has 6 nitrogen and oxygen atoms in total. The van der Waals surface area contributed by atoms with Gasteiger partial charge in [0.2, 0.25) is 5.91 Å². The minimum absolute atomic E-state index is 0.0841. The maximum absolute atomic E-state index is 11.8. The number of amides is 1. The lowest BCUT2D eigenvalue weighted by Crippen LogP contribution is -2.46. The normalized spacial score (nSPS) is 17.3. The summed E-state index contributed by atoms with van der Waals surface area (Å²) in [6.45, 7) is 8.30. The topological polar surface area (TPSA) is 68.8 Å². The Bertz CT molecular complexity index is 440. The van der Waals surface area contributed by atoms with Crippen LogP contribution in [0.15, 0.2) is 29.4 Å². The van der Waals surface area contributed by atoms with Crippen LogP contribution in [0.5, 0.6) is 0 Å². The first-order chi connectivity index (χ1) is 10.5. The van der Waals surface area contributed by atoms with E-state index >= 15 is 0 Å². The Kier molecular flexibility index (Phi) is 7.84. The Hall–Kier alpha value is -1.66. The predicted molar refractivity (Wildman–Crippen MR) is 91.2 cm³/mol. The number of carbonyl (C=O) groups excluding carboxylic acids is 1. The van der Waals surface area contributed by atoms with E-state index in [9.17, 15) is 4.79 Å². The highest BCUT2D eigenvalue weighted by atomic mass is 16.2. The van der Waals surface area contributed by atoms with Crippen LogP contribution >= 0.6 is 0 Å². The summed E-state index contributed by atoms with van der Waals surface area (Å²) in [5.41, 5.74) is 4.37. The Morgan fingerprint density at radius 2 is 2.18 bits per heavy atom. The molecular weight excluding hydrogens is 278 g/mol. The smallest absolute Gasteiger partial charge is 0.228 e. The predicted octanol–water partition coefficient (Wildman–Crippen LogP) is 1.39. The van der Waals surface area contributed by atoms with Gasteiger partial charge in [-0.3, -0.25) is 9.79 Å². The quantitative estimate of drug-likeness (QED) is 0.261. The van der Waals surface area contributed by atoms with Crippen molar-refractivity contribution in [1.29, 1.82) is 0 Å². The third kappa shape index (κ3) is 6.41.